The molecule has 0 bridgehead atoms. The van der Waals surface area contributed by atoms with Gasteiger partial charge in [0.25, 0.3) is 0 Å². The maximum Gasteiger partial charge on any atom is 0.0471 e. The summed E-state index contributed by atoms with van der Waals surface area (Å²) < 4.78 is 0. The molecule has 4 atom stereocenters. The first kappa shape index (κ1) is 12.3. The van der Waals surface area contributed by atoms with E-state index < -0.39 is 0 Å². The van der Waals surface area contributed by atoms with Crippen LogP contribution in [0.4, 0.5) is 0 Å². The van der Waals surface area contributed by atoms with Crippen LogP contribution in [0.2, 0.25) is 0 Å². The first-order chi connectivity index (χ1) is 7.61. The molecule has 0 aliphatic carbocycles. The minimum absolute atomic E-state index is 0.362. The van der Waals surface area contributed by atoms with Crippen molar-refractivity contribution in [3.63, 3.8) is 0 Å². The summed E-state index contributed by atoms with van der Waals surface area (Å²) in [5.41, 5.74) is 0. The Bertz CT molecular complexity index is 224. The van der Waals surface area contributed by atoms with Crippen LogP contribution in [0.15, 0.2) is 0 Å². The number of hydrogen-bond donors (Lipinski definition) is 1. The van der Waals surface area contributed by atoms with Gasteiger partial charge < -0.3 is 10.0 Å². The zero-order chi connectivity index (χ0) is 11.7. The van der Waals surface area contributed by atoms with Crippen LogP contribution in [0, 0.1) is 5.92 Å². The van der Waals surface area contributed by atoms with Gasteiger partial charge in [-0.1, -0.05) is 0 Å². The van der Waals surface area contributed by atoms with Gasteiger partial charge in [-0.15, -0.1) is 0 Å². The van der Waals surface area contributed by atoms with Crippen molar-refractivity contribution in [1.29, 1.82) is 0 Å². The number of rotatable bonds is 2. The zero-order valence-corrected chi connectivity index (χ0v) is 10.9. The Balaban J connectivity index is 1.96. The number of aliphatic hydroxyl groups is 1. The summed E-state index contributed by atoms with van der Waals surface area (Å²) >= 11 is 0. The molecule has 0 aromatic heterocycles. The van der Waals surface area contributed by atoms with E-state index in [4.69, 9.17) is 0 Å². The normalized spacial score (nSPS) is 42.8. The average Bonchev–Trinajstić information content (AvgIpc) is 2.60. The fraction of sp³-hybridized carbons (Fsp3) is 1.00. The summed E-state index contributed by atoms with van der Waals surface area (Å²) in [5, 5.41) is 9.30. The van der Waals surface area contributed by atoms with E-state index in [-0.39, 0.29) is 0 Å². The standard InChI is InChI=1S/C13H26N2O/c1-10-4-5-12(9-16)7-15(10)13-6-11(2)14(3)8-13/h10-13,16H,4-9H2,1-3H3. The van der Waals surface area contributed by atoms with Gasteiger partial charge in [0, 0.05) is 37.8 Å². The molecule has 2 rings (SSSR count). The van der Waals surface area contributed by atoms with Crippen molar-refractivity contribution in [2.75, 3.05) is 26.7 Å². The maximum atomic E-state index is 9.30. The largest absolute Gasteiger partial charge is 0.396 e. The number of hydrogen-bond acceptors (Lipinski definition) is 3. The number of aliphatic hydroxyl groups excluding tert-OH is 1. The second-order valence-electron chi connectivity index (χ2n) is 5.85. The lowest BCUT2D eigenvalue weighted by atomic mass is 9.92. The highest BCUT2D eigenvalue weighted by molar-refractivity contribution is 4.91. The van der Waals surface area contributed by atoms with Gasteiger partial charge in [-0.25, -0.2) is 0 Å². The van der Waals surface area contributed by atoms with Crippen molar-refractivity contribution in [2.24, 2.45) is 5.92 Å². The summed E-state index contributed by atoms with van der Waals surface area (Å²) in [6.45, 7) is 7.32. The van der Waals surface area contributed by atoms with Gasteiger partial charge in [0.05, 0.1) is 0 Å². The molecule has 2 aliphatic heterocycles. The topological polar surface area (TPSA) is 26.7 Å². The Kier molecular flexibility index (Phi) is 3.88. The molecular formula is C13H26N2O. The molecule has 0 aromatic carbocycles. The zero-order valence-electron chi connectivity index (χ0n) is 10.9. The summed E-state index contributed by atoms with van der Waals surface area (Å²) in [7, 11) is 2.23. The fourth-order valence-electron chi connectivity index (χ4n) is 3.27. The maximum absolute atomic E-state index is 9.30. The smallest absolute Gasteiger partial charge is 0.0471 e. The van der Waals surface area contributed by atoms with E-state index in [9.17, 15) is 5.11 Å². The SMILES string of the molecule is CC1CC(N2CC(CO)CCC2C)CN1C. The molecule has 3 heteroatoms. The molecule has 0 radical (unpaired) electrons. The van der Waals surface area contributed by atoms with Gasteiger partial charge in [0.1, 0.15) is 0 Å². The van der Waals surface area contributed by atoms with E-state index in [0.717, 1.165) is 6.54 Å². The quantitative estimate of drug-likeness (QED) is 0.766. The van der Waals surface area contributed by atoms with E-state index in [2.05, 4.69) is 30.7 Å². The van der Waals surface area contributed by atoms with Gasteiger partial charge in [-0.2, -0.15) is 0 Å². The first-order valence-corrected chi connectivity index (χ1v) is 6.68. The van der Waals surface area contributed by atoms with Crippen LogP contribution in [-0.4, -0.2) is 59.8 Å². The van der Waals surface area contributed by atoms with Crippen molar-refractivity contribution < 1.29 is 5.11 Å². The monoisotopic (exact) mass is 226 g/mol. The van der Waals surface area contributed by atoms with Crippen LogP contribution >= 0.6 is 0 Å². The second kappa shape index (κ2) is 5.03. The lowest BCUT2D eigenvalue weighted by Gasteiger charge is -2.41. The molecule has 2 heterocycles. The number of likely N-dealkylation sites (tertiary alicyclic amines) is 2. The van der Waals surface area contributed by atoms with Crippen LogP contribution in [-0.2, 0) is 0 Å². The highest BCUT2D eigenvalue weighted by atomic mass is 16.3. The molecule has 3 nitrogen and oxygen atoms in total. The molecular weight excluding hydrogens is 200 g/mol. The predicted molar refractivity (Wildman–Crippen MR) is 66.5 cm³/mol. The molecule has 0 saturated carbocycles. The molecule has 94 valence electrons. The molecule has 0 spiro atoms. The average molecular weight is 226 g/mol. The van der Waals surface area contributed by atoms with Crippen molar-refractivity contribution in [3.05, 3.63) is 0 Å². The Labute approximate surface area is 99.4 Å². The number of piperidine rings is 1. The summed E-state index contributed by atoms with van der Waals surface area (Å²) in [4.78, 5) is 5.10. The summed E-state index contributed by atoms with van der Waals surface area (Å²) in [6, 6.07) is 2.13. The van der Waals surface area contributed by atoms with Gasteiger partial charge in [0.2, 0.25) is 0 Å². The van der Waals surface area contributed by atoms with E-state index in [0.29, 0.717) is 30.7 Å². The molecule has 2 saturated heterocycles. The van der Waals surface area contributed by atoms with Gasteiger partial charge in [0.15, 0.2) is 0 Å². The predicted octanol–water partition coefficient (Wildman–Crippen LogP) is 1.17. The lowest BCUT2D eigenvalue weighted by molar-refractivity contribution is 0.0516. The minimum Gasteiger partial charge on any atom is -0.396 e. The molecule has 0 aromatic rings. The third-order valence-corrected chi connectivity index (χ3v) is 4.62. The van der Waals surface area contributed by atoms with Crippen LogP contribution in [0.5, 0.6) is 0 Å². The fourth-order valence-corrected chi connectivity index (χ4v) is 3.27. The number of nitrogens with zero attached hydrogens (tertiary/aromatic N) is 2. The third-order valence-electron chi connectivity index (χ3n) is 4.62. The Morgan fingerprint density at radius 1 is 1.12 bits per heavy atom. The van der Waals surface area contributed by atoms with Gasteiger partial charge in [-0.05, 0) is 46.1 Å². The Morgan fingerprint density at radius 2 is 1.88 bits per heavy atom. The minimum atomic E-state index is 0.362. The molecule has 0 amide bonds. The highest BCUT2D eigenvalue weighted by Gasteiger charge is 2.35. The van der Waals surface area contributed by atoms with Gasteiger partial charge in [-0.3, -0.25) is 4.90 Å². The van der Waals surface area contributed by atoms with Crippen molar-refractivity contribution in [2.45, 2.75) is 51.2 Å². The number of likely N-dealkylation sites (N-methyl/N-ethyl adjacent to an activating group) is 1. The molecule has 16 heavy (non-hydrogen) atoms. The third kappa shape index (κ3) is 2.41. The summed E-state index contributed by atoms with van der Waals surface area (Å²) in [6.07, 6.45) is 3.74. The first-order valence-electron chi connectivity index (χ1n) is 6.68. The van der Waals surface area contributed by atoms with E-state index in [1.54, 1.807) is 0 Å². The lowest BCUT2D eigenvalue weighted by Crippen LogP contribution is -2.49. The summed E-state index contributed by atoms with van der Waals surface area (Å²) in [5.74, 6) is 0.511. The molecule has 4 unspecified atom stereocenters. The Morgan fingerprint density at radius 3 is 2.44 bits per heavy atom. The van der Waals surface area contributed by atoms with E-state index >= 15 is 0 Å². The van der Waals surface area contributed by atoms with Crippen LogP contribution in [0.25, 0.3) is 0 Å². The molecule has 2 aliphatic rings. The van der Waals surface area contributed by atoms with Crippen molar-refractivity contribution >= 4 is 0 Å². The van der Waals surface area contributed by atoms with Crippen molar-refractivity contribution in [1.82, 2.24) is 9.80 Å². The second-order valence-corrected chi connectivity index (χ2v) is 5.85. The van der Waals surface area contributed by atoms with Gasteiger partial charge >= 0.3 is 0 Å². The van der Waals surface area contributed by atoms with E-state index in [1.807, 2.05) is 0 Å². The van der Waals surface area contributed by atoms with E-state index in [1.165, 1.54) is 25.8 Å². The van der Waals surface area contributed by atoms with Crippen LogP contribution in [0.1, 0.15) is 33.1 Å². The molecule has 1 N–H and O–H groups in total. The molecule has 2 fully saturated rings. The highest BCUT2D eigenvalue weighted by Crippen LogP contribution is 2.28. The van der Waals surface area contributed by atoms with Crippen LogP contribution < -0.4 is 0 Å². The Hall–Kier alpha value is -0.120. The van der Waals surface area contributed by atoms with Crippen molar-refractivity contribution in [3.8, 4) is 0 Å². The van der Waals surface area contributed by atoms with Crippen LogP contribution in [0.3, 0.4) is 0 Å².